The largest absolute Gasteiger partial charge is 0.465 e. The Hall–Kier alpha value is -4.15. The molecule has 0 radical (unpaired) electrons. The van der Waals surface area contributed by atoms with E-state index in [1.165, 1.54) is 23.5 Å². The maximum absolute atomic E-state index is 14.0. The van der Waals surface area contributed by atoms with Crippen molar-refractivity contribution in [1.29, 1.82) is 0 Å². The van der Waals surface area contributed by atoms with Crippen LogP contribution in [0, 0.1) is 6.92 Å². The first-order valence-electron chi connectivity index (χ1n) is 11.9. The number of ether oxygens (including phenoxy) is 3. The Kier molecular flexibility index (Phi) is 6.92. The Morgan fingerprint density at radius 1 is 1.03 bits per heavy atom. The number of H-pyrrole nitrogens is 1. The quantitative estimate of drug-likeness (QED) is 0.342. The van der Waals surface area contributed by atoms with Gasteiger partial charge >= 0.3 is 5.97 Å². The molecule has 0 spiro atoms. The highest BCUT2D eigenvalue weighted by atomic mass is 32.2. The smallest absolute Gasteiger partial charge is 0.339 e. The molecule has 1 aliphatic heterocycles. The zero-order chi connectivity index (χ0) is 26.9. The van der Waals surface area contributed by atoms with Crippen molar-refractivity contribution in [2.45, 2.75) is 24.8 Å². The number of fused-ring (bicyclic) bond motifs is 2. The first-order chi connectivity index (χ1) is 18.3. The lowest BCUT2D eigenvalue weighted by atomic mass is 10.1. The number of rotatable bonds is 8. The highest BCUT2D eigenvalue weighted by Crippen LogP contribution is 2.35. The van der Waals surface area contributed by atoms with E-state index in [-0.39, 0.29) is 35.9 Å². The van der Waals surface area contributed by atoms with E-state index >= 15 is 0 Å². The molecule has 5 rings (SSSR count). The van der Waals surface area contributed by atoms with Crippen molar-refractivity contribution in [2.75, 3.05) is 20.4 Å². The minimum atomic E-state index is -4.21. The molecule has 3 aromatic carbocycles. The average Bonchev–Trinajstić information content (AvgIpc) is 3.36. The Morgan fingerprint density at radius 2 is 1.79 bits per heavy atom. The van der Waals surface area contributed by atoms with Crippen molar-refractivity contribution in [3.8, 4) is 11.5 Å². The van der Waals surface area contributed by atoms with Gasteiger partial charge in [-0.15, -0.1) is 0 Å². The minimum Gasteiger partial charge on any atom is -0.465 e. The van der Waals surface area contributed by atoms with Crippen LogP contribution in [0.4, 0.5) is 0 Å². The maximum Gasteiger partial charge on any atom is 0.339 e. The van der Waals surface area contributed by atoms with Gasteiger partial charge in [-0.2, -0.15) is 4.31 Å². The van der Waals surface area contributed by atoms with Crippen LogP contribution in [0.25, 0.3) is 10.9 Å². The number of nitrogens with one attached hydrogen (secondary N) is 1. The summed E-state index contributed by atoms with van der Waals surface area (Å²) in [7, 11) is -3.01. The minimum absolute atomic E-state index is 0.0734. The molecule has 0 aliphatic carbocycles. The first kappa shape index (κ1) is 25.5. The van der Waals surface area contributed by atoms with Crippen molar-refractivity contribution in [3.63, 3.8) is 0 Å². The predicted molar refractivity (Wildman–Crippen MR) is 141 cm³/mol. The van der Waals surface area contributed by atoms with Crippen molar-refractivity contribution < 1.29 is 27.4 Å². The van der Waals surface area contributed by atoms with Crippen LogP contribution in [0.15, 0.2) is 76.4 Å². The fourth-order valence-corrected chi connectivity index (χ4v) is 6.06. The van der Waals surface area contributed by atoms with Gasteiger partial charge in [0.05, 0.1) is 23.1 Å². The Labute approximate surface area is 219 Å². The molecule has 10 heteroatoms. The van der Waals surface area contributed by atoms with Gasteiger partial charge in [0.15, 0.2) is 11.5 Å². The molecular formula is C28H26N2O7S. The first-order valence-corrected chi connectivity index (χ1v) is 13.4. The summed E-state index contributed by atoms with van der Waals surface area (Å²) in [5, 5.41) is 0.676. The lowest BCUT2D eigenvalue weighted by molar-refractivity contribution is 0.0596. The Bertz CT molecular complexity index is 1700. The number of benzene rings is 3. The molecule has 9 nitrogen and oxygen atoms in total. The summed E-state index contributed by atoms with van der Waals surface area (Å²) >= 11 is 0. The highest BCUT2D eigenvalue weighted by Gasteiger charge is 2.30. The van der Waals surface area contributed by atoms with Crippen LogP contribution >= 0.6 is 0 Å². The summed E-state index contributed by atoms with van der Waals surface area (Å²) in [5.74, 6) is 0.316. The van der Waals surface area contributed by atoms with Crippen molar-refractivity contribution in [1.82, 2.24) is 9.29 Å². The van der Waals surface area contributed by atoms with Crippen LogP contribution in [0.1, 0.15) is 27.0 Å². The van der Waals surface area contributed by atoms with Crippen LogP contribution in [0.3, 0.4) is 0 Å². The molecule has 0 bridgehead atoms. The van der Waals surface area contributed by atoms with Crippen molar-refractivity contribution in [2.24, 2.45) is 0 Å². The Balaban J connectivity index is 1.56. The maximum atomic E-state index is 14.0. The fraction of sp³-hybridized carbons (Fsp3) is 0.214. The summed E-state index contributed by atoms with van der Waals surface area (Å²) in [6.07, 6.45) is 0.408. The number of pyridine rings is 1. The van der Waals surface area contributed by atoms with Gasteiger partial charge in [-0.3, -0.25) is 4.79 Å². The summed E-state index contributed by atoms with van der Waals surface area (Å²) in [6.45, 7) is 1.93. The zero-order valence-electron chi connectivity index (χ0n) is 20.9. The van der Waals surface area contributed by atoms with Crippen LogP contribution in [-0.2, 0) is 27.7 Å². The third-order valence-electron chi connectivity index (χ3n) is 6.40. The number of carbonyl (C=O) groups excluding carboxylic acids is 1. The average molecular weight is 535 g/mol. The van der Waals surface area contributed by atoms with E-state index in [2.05, 4.69) is 4.98 Å². The summed E-state index contributed by atoms with van der Waals surface area (Å²) < 4.78 is 44.8. The van der Waals surface area contributed by atoms with E-state index in [1.807, 2.05) is 31.2 Å². The second-order valence-corrected chi connectivity index (χ2v) is 10.9. The van der Waals surface area contributed by atoms with Crippen LogP contribution in [-0.4, -0.2) is 44.1 Å². The van der Waals surface area contributed by atoms with Crippen molar-refractivity contribution in [3.05, 3.63) is 99.3 Å². The lowest BCUT2D eigenvalue weighted by Gasteiger charge is -2.23. The molecule has 38 heavy (non-hydrogen) atoms. The van der Waals surface area contributed by atoms with Gasteiger partial charge < -0.3 is 19.2 Å². The van der Waals surface area contributed by atoms with E-state index in [1.54, 1.807) is 30.3 Å². The number of methoxy groups -OCH3 is 1. The number of carbonyl (C=O) groups is 1. The van der Waals surface area contributed by atoms with Crippen LogP contribution in [0.5, 0.6) is 11.5 Å². The monoisotopic (exact) mass is 534 g/mol. The van der Waals surface area contributed by atoms with E-state index in [0.29, 0.717) is 28.8 Å². The summed E-state index contributed by atoms with van der Waals surface area (Å²) in [6, 6.07) is 18.7. The topological polar surface area (TPSA) is 115 Å². The Morgan fingerprint density at radius 3 is 2.55 bits per heavy atom. The van der Waals surface area contributed by atoms with Crippen molar-refractivity contribution >= 4 is 26.9 Å². The SMILES string of the molecule is COC(=O)c1ccccc1S(=O)(=O)N(CCc1cccc(C)c1)Cc1cc2cc3c(cc2[nH]c1=O)OCO3. The molecule has 4 aromatic rings. The summed E-state index contributed by atoms with van der Waals surface area (Å²) in [5.41, 5.74) is 2.31. The number of aromatic amines is 1. The molecule has 0 amide bonds. The van der Waals surface area contributed by atoms with Gasteiger partial charge in [0.1, 0.15) is 0 Å². The van der Waals surface area contributed by atoms with Gasteiger partial charge in [0.2, 0.25) is 16.8 Å². The third kappa shape index (κ3) is 5.00. The number of nitrogens with zero attached hydrogens (tertiary/aromatic N) is 1. The van der Waals surface area contributed by atoms with E-state index < -0.39 is 21.6 Å². The van der Waals surface area contributed by atoms with E-state index in [4.69, 9.17) is 14.2 Å². The number of aromatic nitrogens is 1. The highest BCUT2D eigenvalue weighted by molar-refractivity contribution is 7.89. The molecule has 1 aliphatic rings. The number of hydrogen-bond donors (Lipinski definition) is 1. The molecule has 0 atom stereocenters. The number of aryl methyl sites for hydroxylation is 1. The second kappa shape index (κ2) is 10.3. The lowest BCUT2D eigenvalue weighted by Crippen LogP contribution is -2.35. The zero-order valence-corrected chi connectivity index (χ0v) is 21.7. The van der Waals surface area contributed by atoms with E-state index in [0.717, 1.165) is 11.1 Å². The van der Waals surface area contributed by atoms with E-state index in [9.17, 15) is 18.0 Å². The molecule has 0 fully saturated rings. The number of hydrogen-bond acceptors (Lipinski definition) is 7. The fourth-order valence-electron chi connectivity index (χ4n) is 4.46. The van der Waals surface area contributed by atoms with Gasteiger partial charge in [-0.05, 0) is 43.2 Å². The van der Waals surface area contributed by atoms with Crippen LogP contribution < -0.4 is 15.0 Å². The standard InChI is InChI=1S/C28H26N2O7S/c1-18-6-5-7-19(12-18)10-11-30(38(33,34)26-9-4-3-8-22(26)28(32)35-2)16-21-13-20-14-24-25(37-17-36-24)15-23(20)29-27(21)31/h3-9,12-15H,10-11,16-17H2,1-2H3,(H,29,31). The molecular weight excluding hydrogens is 508 g/mol. The molecule has 2 heterocycles. The van der Waals surface area contributed by atoms with Gasteiger partial charge in [0.25, 0.3) is 5.56 Å². The molecule has 0 unspecified atom stereocenters. The second-order valence-electron chi connectivity index (χ2n) is 8.98. The molecule has 0 saturated carbocycles. The predicted octanol–water partition coefficient (Wildman–Crippen LogP) is 3.79. The molecule has 1 N–H and O–H groups in total. The van der Waals surface area contributed by atoms with Gasteiger partial charge in [-0.1, -0.05) is 42.0 Å². The number of esters is 1. The van der Waals surface area contributed by atoms with Gasteiger partial charge in [-0.25, -0.2) is 13.2 Å². The summed E-state index contributed by atoms with van der Waals surface area (Å²) in [4.78, 5) is 28.1. The van der Waals surface area contributed by atoms with Crippen LogP contribution in [0.2, 0.25) is 0 Å². The molecule has 196 valence electrons. The molecule has 0 saturated heterocycles. The third-order valence-corrected chi connectivity index (χ3v) is 8.31. The number of sulfonamides is 1. The van der Waals surface area contributed by atoms with Gasteiger partial charge in [0, 0.05) is 30.1 Å². The normalized spacial score (nSPS) is 12.7. The molecule has 1 aromatic heterocycles.